The van der Waals surface area contributed by atoms with Crippen molar-refractivity contribution in [2.24, 2.45) is 0 Å². The third-order valence-corrected chi connectivity index (χ3v) is 3.99. The molecule has 0 unspecified atom stereocenters. The Morgan fingerprint density at radius 3 is 2.29 bits per heavy atom. The highest BCUT2D eigenvalue weighted by Gasteiger charge is 2.15. The van der Waals surface area contributed by atoms with Gasteiger partial charge in [-0.2, -0.15) is 0 Å². The van der Waals surface area contributed by atoms with Crippen LogP contribution in [-0.4, -0.2) is 12.6 Å². The smallest absolute Gasteiger partial charge is 0.336 e. The van der Waals surface area contributed by atoms with E-state index in [0.29, 0.717) is 11.5 Å². The minimum absolute atomic E-state index is 0.0941. The lowest BCUT2D eigenvalue weighted by atomic mass is 10.0. The first-order chi connectivity index (χ1) is 13.7. The predicted octanol–water partition coefficient (Wildman–Crippen LogP) is 5.39. The Balaban J connectivity index is 2.00. The lowest BCUT2D eigenvalue weighted by molar-refractivity contribution is -0.138. The fraction of sp³-hybridized carbons (Fsp3) is 0.0833. The zero-order valence-electron chi connectivity index (χ0n) is 15.5. The summed E-state index contributed by atoms with van der Waals surface area (Å²) in [7, 11) is 0. The second kappa shape index (κ2) is 9.20. The van der Waals surface area contributed by atoms with Gasteiger partial charge in [0.05, 0.1) is 13.2 Å². The first-order valence-electron chi connectivity index (χ1n) is 8.90. The second-order valence-corrected chi connectivity index (χ2v) is 5.90. The molecule has 0 aliphatic carbocycles. The lowest BCUT2D eigenvalue weighted by Crippen LogP contribution is -2.05. The first kappa shape index (κ1) is 18.9. The number of esters is 1. The number of benzene rings is 2. The zero-order chi connectivity index (χ0) is 19.8. The molecule has 0 saturated carbocycles. The van der Waals surface area contributed by atoms with E-state index in [-0.39, 0.29) is 12.3 Å². The van der Waals surface area contributed by atoms with E-state index in [4.69, 9.17) is 16.0 Å². The van der Waals surface area contributed by atoms with Crippen LogP contribution in [0.15, 0.2) is 96.4 Å². The van der Waals surface area contributed by atoms with Crippen LogP contribution in [-0.2, 0) is 14.3 Å². The summed E-state index contributed by atoms with van der Waals surface area (Å²) < 4.78 is 10.9. The van der Waals surface area contributed by atoms with Crippen molar-refractivity contribution < 1.29 is 14.3 Å². The molecule has 3 rings (SSSR count). The molecule has 0 aromatic heterocycles. The average molecular weight is 369 g/mol. The van der Waals surface area contributed by atoms with Crippen molar-refractivity contribution in [3.8, 4) is 0 Å². The van der Waals surface area contributed by atoms with Gasteiger partial charge in [0.1, 0.15) is 11.5 Å². The predicted molar refractivity (Wildman–Crippen MR) is 109 cm³/mol. The first-order valence-corrected chi connectivity index (χ1v) is 8.90. The van der Waals surface area contributed by atoms with Crippen LogP contribution in [0.1, 0.15) is 18.1 Å². The van der Waals surface area contributed by atoms with Crippen molar-refractivity contribution >= 4 is 17.3 Å². The normalized spacial score (nSPS) is 15.1. The van der Waals surface area contributed by atoms with Crippen LogP contribution in [0, 0.1) is 6.57 Å². The van der Waals surface area contributed by atoms with Crippen LogP contribution >= 0.6 is 0 Å². The molecule has 0 N–H and O–H groups in total. The maximum atomic E-state index is 11.8. The number of hydrogen-bond donors (Lipinski definition) is 0. The quantitative estimate of drug-likeness (QED) is 0.403. The van der Waals surface area contributed by atoms with Crippen LogP contribution < -0.4 is 0 Å². The molecule has 28 heavy (non-hydrogen) atoms. The van der Waals surface area contributed by atoms with Crippen molar-refractivity contribution in [1.82, 2.24) is 0 Å². The maximum Gasteiger partial charge on any atom is 0.336 e. The molecule has 0 bridgehead atoms. The van der Waals surface area contributed by atoms with Gasteiger partial charge in [0.15, 0.2) is 0 Å². The van der Waals surface area contributed by atoms with Crippen molar-refractivity contribution in [3.63, 3.8) is 0 Å². The van der Waals surface area contributed by atoms with Gasteiger partial charge in [-0.25, -0.2) is 4.85 Å². The standard InChI is InChI=1S/C24H19NO3/c1-3-27-24(26)22(25-2)15-14-21-16-20(18-10-6-4-7-11-18)17-23(28-21)19-12-8-5-9-13-19/h4-17H,3H2,1H3. The second-order valence-electron chi connectivity index (χ2n) is 5.90. The van der Waals surface area contributed by atoms with Gasteiger partial charge in [-0.3, -0.25) is 4.79 Å². The van der Waals surface area contributed by atoms with Crippen molar-refractivity contribution in [2.45, 2.75) is 6.92 Å². The van der Waals surface area contributed by atoms with Gasteiger partial charge in [0.25, 0.3) is 5.70 Å². The maximum absolute atomic E-state index is 11.8. The molecular weight excluding hydrogens is 350 g/mol. The number of carbonyl (C=O) groups is 1. The summed E-state index contributed by atoms with van der Waals surface area (Å²) in [5, 5.41) is 0. The van der Waals surface area contributed by atoms with E-state index in [0.717, 1.165) is 16.7 Å². The van der Waals surface area contributed by atoms with Gasteiger partial charge in [0, 0.05) is 5.56 Å². The molecule has 1 aliphatic rings. The minimum Gasteiger partial charge on any atom is -0.471 e. The van der Waals surface area contributed by atoms with Crippen molar-refractivity contribution in [1.29, 1.82) is 0 Å². The number of carbonyl (C=O) groups excluding carboxylic acids is 1. The molecule has 1 heterocycles. The summed E-state index contributed by atoms with van der Waals surface area (Å²) >= 11 is 0. The van der Waals surface area contributed by atoms with Gasteiger partial charge in [-0.05, 0) is 42.4 Å². The summed E-state index contributed by atoms with van der Waals surface area (Å²) in [5.74, 6) is 0.587. The van der Waals surface area contributed by atoms with Gasteiger partial charge < -0.3 is 9.47 Å². The van der Waals surface area contributed by atoms with Crippen LogP contribution in [0.5, 0.6) is 0 Å². The Morgan fingerprint density at radius 1 is 1.04 bits per heavy atom. The highest BCUT2D eigenvalue weighted by molar-refractivity contribution is 5.91. The van der Waals surface area contributed by atoms with Gasteiger partial charge in [-0.15, -0.1) is 0 Å². The molecule has 0 fully saturated rings. The molecule has 4 heteroatoms. The van der Waals surface area contributed by atoms with Crippen LogP contribution in [0.4, 0.5) is 0 Å². The molecule has 0 saturated heterocycles. The van der Waals surface area contributed by atoms with E-state index >= 15 is 0 Å². The summed E-state index contributed by atoms with van der Waals surface area (Å²) in [6, 6.07) is 19.7. The molecule has 0 atom stereocenters. The van der Waals surface area contributed by atoms with E-state index in [1.54, 1.807) is 13.0 Å². The summed E-state index contributed by atoms with van der Waals surface area (Å²) in [6.45, 7) is 9.12. The third-order valence-electron chi connectivity index (χ3n) is 3.99. The minimum atomic E-state index is -0.642. The van der Waals surface area contributed by atoms with E-state index in [2.05, 4.69) is 4.85 Å². The number of nitrogens with zero attached hydrogens (tertiary/aromatic N) is 1. The zero-order valence-corrected chi connectivity index (χ0v) is 15.5. The largest absolute Gasteiger partial charge is 0.471 e. The Bertz CT molecular complexity index is 1010. The Labute approximate surface area is 164 Å². The summed E-state index contributed by atoms with van der Waals surface area (Å²) in [5.41, 5.74) is 2.87. The van der Waals surface area contributed by atoms with E-state index in [1.807, 2.05) is 72.8 Å². The molecular formula is C24H19NO3. The molecule has 2 aromatic rings. The molecule has 0 radical (unpaired) electrons. The number of ether oxygens (including phenoxy) is 2. The monoisotopic (exact) mass is 369 g/mol. The van der Waals surface area contributed by atoms with Crippen LogP contribution in [0.25, 0.3) is 16.2 Å². The Morgan fingerprint density at radius 2 is 1.68 bits per heavy atom. The molecule has 1 aliphatic heterocycles. The lowest BCUT2D eigenvalue weighted by Gasteiger charge is -2.18. The number of allylic oxidation sites excluding steroid dienone is 5. The fourth-order valence-corrected chi connectivity index (χ4v) is 2.66. The van der Waals surface area contributed by atoms with Gasteiger partial charge in [0.2, 0.25) is 0 Å². The van der Waals surface area contributed by atoms with E-state index in [9.17, 15) is 4.79 Å². The Hall–Kier alpha value is -3.84. The number of rotatable bonds is 5. The average Bonchev–Trinajstić information content (AvgIpc) is 2.75. The molecule has 4 nitrogen and oxygen atoms in total. The molecule has 2 aromatic carbocycles. The SMILES string of the molecule is [C-]#[N+]C(=CC=C1C=C(c2ccccc2)C=C(c2ccccc2)O1)C(=O)OCC. The highest BCUT2D eigenvalue weighted by Crippen LogP contribution is 2.31. The summed E-state index contributed by atoms with van der Waals surface area (Å²) in [6.07, 6.45) is 6.90. The molecule has 0 amide bonds. The Kier molecular flexibility index (Phi) is 6.22. The molecule has 138 valence electrons. The van der Waals surface area contributed by atoms with Crippen LogP contribution in [0.2, 0.25) is 0 Å². The van der Waals surface area contributed by atoms with Crippen LogP contribution in [0.3, 0.4) is 0 Å². The van der Waals surface area contributed by atoms with Crippen molar-refractivity contribution in [2.75, 3.05) is 6.61 Å². The number of hydrogen-bond acceptors (Lipinski definition) is 3. The molecule has 0 spiro atoms. The van der Waals surface area contributed by atoms with E-state index < -0.39 is 5.97 Å². The van der Waals surface area contributed by atoms with Crippen molar-refractivity contribution in [3.05, 3.63) is 119 Å². The fourth-order valence-electron chi connectivity index (χ4n) is 2.66. The third kappa shape index (κ3) is 4.66. The van der Waals surface area contributed by atoms with Gasteiger partial charge in [-0.1, -0.05) is 60.7 Å². The van der Waals surface area contributed by atoms with E-state index in [1.165, 1.54) is 6.08 Å². The highest BCUT2D eigenvalue weighted by atomic mass is 16.5. The topological polar surface area (TPSA) is 39.9 Å². The van der Waals surface area contributed by atoms with Gasteiger partial charge >= 0.3 is 5.97 Å². The summed E-state index contributed by atoms with van der Waals surface area (Å²) in [4.78, 5) is 15.1.